The number of hydrogen-bond donors (Lipinski definition) is 1. The smallest absolute Gasteiger partial charge is 0.0795 e. The number of rotatable bonds is 3. The van der Waals surface area contributed by atoms with Gasteiger partial charge in [-0.15, -0.1) is 0 Å². The van der Waals surface area contributed by atoms with Gasteiger partial charge in [-0.05, 0) is 37.2 Å². The van der Waals surface area contributed by atoms with Crippen LogP contribution in [-0.4, -0.2) is 9.78 Å². The largest absolute Gasteiger partial charge is 0.325 e. The predicted molar refractivity (Wildman–Crippen MR) is 61.6 cm³/mol. The Morgan fingerprint density at radius 3 is 2.87 bits per heavy atom. The Balaban J connectivity index is 2.35. The molecule has 2 rings (SSSR count). The lowest BCUT2D eigenvalue weighted by Gasteiger charge is -2.15. The Labute approximate surface area is 91.7 Å². The van der Waals surface area contributed by atoms with E-state index in [9.17, 15) is 0 Å². The molecule has 1 aromatic rings. The van der Waals surface area contributed by atoms with Gasteiger partial charge in [0.1, 0.15) is 0 Å². The predicted octanol–water partition coefficient (Wildman–Crippen LogP) is 1.88. The number of fused-ring (bicyclic) bond motifs is 1. The number of aromatic nitrogens is 2. The molecule has 0 fully saturated rings. The van der Waals surface area contributed by atoms with Crippen LogP contribution in [-0.2, 0) is 25.9 Å². The second-order valence-corrected chi connectivity index (χ2v) is 4.85. The van der Waals surface area contributed by atoms with Gasteiger partial charge in [-0.2, -0.15) is 5.10 Å². The van der Waals surface area contributed by atoms with Crippen LogP contribution < -0.4 is 5.73 Å². The molecule has 2 heterocycles. The highest BCUT2D eigenvalue weighted by Gasteiger charge is 2.19. The molecule has 1 aliphatic rings. The third kappa shape index (κ3) is 2.07. The van der Waals surface area contributed by atoms with E-state index in [-0.39, 0.29) is 0 Å². The van der Waals surface area contributed by atoms with Crippen molar-refractivity contribution in [1.29, 1.82) is 0 Å². The van der Waals surface area contributed by atoms with Gasteiger partial charge in [-0.25, -0.2) is 0 Å². The molecule has 0 amide bonds. The van der Waals surface area contributed by atoms with Crippen molar-refractivity contribution in [2.45, 2.75) is 52.6 Å². The maximum Gasteiger partial charge on any atom is 0.0795 e. The first-order chi connectivity index (χ1) is 7.22. The van der Waals surface area contributed by atoms with Gasteiger partial charge < -0.3 is 5.73 Å². The summed E-state index contributed by atoms with van der Waals surface area (Å²) in [4.78, 5) is 0. The monoisotopic (exact) mass is 207 g/mol. The van der Waals surface area contributed by atoms with E-state index in [0.717, 1.165) is 18.7 Å². The fraction of sp³-hybridized carbons (Fsp3) is 0.750. The van der Waals surface area contributed by atoms with E-state index < -0.39 is 0 Å². The molecule has 0 aliphatic carbocycles. The van der Waals surface area contributed by atoms with Crippen molar-refractivity contribution in [3.63, 3.8) is 0 Å². The Hall–Kier alpha value is -0.830. The SMILES string of the molecule is CC(C)Cc1c(CN)nn2c1CCCC2. The molecule has 0 atom stereocenters. The molecule has 0 spiro atoms. The quantitative estimate of drug-likeness (QED) is 0.822. The van der Waals surface area contributed by atoms with Gasteiger partial charge >= 0.3 is 0 Å². The van der Waals surface area contributed by atoms with Crippen LogP contribution in [0.2, 0.25) is 0 Å². The zero-order chi connectivity index (χ0) is 10.8. The highest BCUT2D eigenvalue weighted by molar-refractivity contribution is 5.28. The van der Waals surface area contributed by atoms with Crippen LogP contribution in [0.4, 0.5) is 0 Å². The standard InChI is InChI=1S/C12H21N3/c1-9(2)7-10-11(8-13)14-15-6-4-3-5-12(10)15/h9H,3-8,13H2,1-2H3. The zero-order valence-electron chi connectivity index (χ0n) is 9.79. The Morgan fingerprint density at radius 2 is 2.20 bits per heavy atom. The van der Waals surface area contributed by atoms with Gasteiger partial charge in [-0.3, -0.25) is 4.68 Å². The second kappa shape index (κ2) is 4.35. The summed E-state index contributed by atoms with van der Waals surface area (Å²) in [5.74, 6) is 0.686. The van der Waals surface area contributed by atoms with Crippen molar-refractivity contribution < 1.29 is 0 Å². The lowest BCUT2D eigenvalue weighted by molar-refractivity contribution is 0.480. The molecule has 15 heavy (non-hydrogen) atoms. The fourth-order valence-corrected chi connectivity index (χ4v) is 2.42. The molecule has 0 saturated carbocycles. The van der Waals surface area contributed by atoms with Crippen LogP contribution in [0.1, 0.15) is 43.6 Å². The minimum absolute atomic E-state index is 0.585. The van der Waals surface area contributed by atoms with E-state index >= 15 is 0 Å². The second-order valence-electron chi connectivity index (χ2n) is 4.85. The van der Waals surface area contributed by atoms with Gasteiger partial charge in [-0.1, -0.05) is 13.8 Å². The van der Waals surface area contributed by atoms with Gasteiger partial charge in [0.05, 0.1) is 5.69 Å². The average molecular weight is 207 g/mol. The molecular formula is C12H21N3. The first kappa shape index (κ1) is 10.7. The first-order valence-corrected chi connectivity index (χ1v) is 6.00. The van der Waals surface area contributed by atoms with Crippen molar-refractivity contribution in [2.24, 2.45) is 11.7 Å². The molecule has 1 aromatic heterocycles. The molecule has 3 nitrogen and oxygen atoms in total. The van der Waals surface area contributed by atoms with E-state index in [4.69, 9.17) is 5.73 Å². The van der Waals surface area contributed by atoms with E-state index in [1.807, 2.05) is 0 Å². The topological polar surface area (TPSA) is 43.8 Å². The number of hydrogen-bond acceptors (Lipinski definition) is 2. The van der Waals surface area contributed by atoms with E-state index in [1.165, 1.54) is 30.5 Å². The van der Waals surface area contributed by atoms with Crippen LogP contribution in [0, 0.1) is 5.92 Å². The first-order valence-electron chi connectivity index (χ1n) is 6.00. The summed E-state index contributed by atoms with van der Waals surface area (Å²) in [6.07, 6.45) is 4.89. The molecular weight excluding hydrogens is 186 g/mol. The third-order valence-corrected chi connectivity index (χ3v) is 3.09. The summed E-state index contributed by atoms with van der Waals surface area (Å²) >= 11 is 0. The Morgan fingerprint density at radius 1 is 1.40 bits per heavy atom. The molecule has 3 heteroatoms. The van der Waals surface area contributed by atoms with Gasteiger partial charge in [0.2, 0.25) is 0 Å². The van der Waals surface area contributed by atoms with Crippen molar-refractivity contribution in [1.82, 2.24) is 9.78 Å². The van der Waals surface area contributed by atoms with Crippen LogP contribution in [0.25, 0.3) is 0 Å². The average Bonchev–Trinajstić information content (AvgIpc) is 2.56. The summed E-state index contributed by atoms with van der Waals surface area (Å²) in [6, 6.07) is 0. The molecule has 2 N–H and O–H groups in total. The van der Waals surface area contributed by atoms with Crippen molar-refractivity contribution in [3.05, 3.63) is 17.0 Å². The molecule has 0 unspecified atom stereocenters. The van der Waals surface area contributed by atoms with E-state index in [2.05, 4.69) is 23.6 Å². The number of aryl methyl sites for hydroxylation is 1. The van der Waals surface area contributed by atoms with Crippen molar-refractivity contribution >= 4 is 0 Å². The summed E-state index contributed by atoms with van der Waals surface area (Å²) in [5, 5.41) is 4.61. The Kier molecular flexibility index (Phi) is 3.10. The van der Waals surface area contributed by atoms with Crippen LogP contribution in [0.5, 0.6) is 0 Å². The van der Waals surface area contributed by atoms with Gasteiger partial charge in [0.15, 0.2) is 0 Å². The molecule has 0 saturated heterocycles. The lowest BCUT2D eigenvalue weighted by Crippen LogP contribution is -2.12. The molecule has 1 aliphatic heterocycles. The summed E-state index contributed by atoms with van der Waals surface area (Å²) in [6.45, 7) is 6.18. The maximum absolute atomic E-state index is 5.76. The van der Waals surface area contributed by atoms with E-state index in [0.29, 0.717) is 12.5 Å². The summed E-state index contributed by atoms with van der Waals surface area (Å²) in [5.41, 5.74) is 9.78. The molecule has 84 valence electrons. The third-order valence-electron chi connectivity index (χ3n) is 3.09. The normalized spacial score (nSPS) is 15.7. The lowest BCUT2D eigenvalue weighted by atomic mass is 9.97. The molecule has 0 aromatic carbocycles. The van der Waals surface area contributed by atoms with Crippen LogP contribution in [0.3, 0.4) is 0 Å². The molecule has 0 radical (unpaired) electrons. The maximum atomic E-state index is 5.76. The minimum atomic E-state index is 0.585. The Bertz CT molecular complexity index is 339. The highest BCUT2D eigenvalue weighted by atomic mass is 15.3. The van der Waals surface area contributed by atoms with Crippen LogP contribution in [0.15, 0.2) is 0 Å². The minimum Gasteiger partial charge on any atom is -0.325 e. The highest BCUT2D eigenvalue weighted by Crippen LogP contribution is 2.23. The summed E-state index contributed by atoms with van der Waals surface area (Å²) in [7, 11) is 0. The number of nitrogens with two attached hydrogens (primary N) is 1. The zero-order valence-corrected chi connectivity index (χ0v) is 9.79. The number of nitrogens with zero attached hydrogens (tertiary/aromatic N) is 2. The van der Waals surface area contributed by atoms with Gasteiger partial charge in [0, 0.05) is 18.8 Å². The van der Waals surface area contributed by atoms with Crippen molar-refractivity contribution in [3.8, 4) is 0 Å². The summed E-state index contributed by atoms with van der Waals surface area (Å²) < 4.78 is 2.18. The van der Waals surface area contributed by atoms with Gasteiger partial charge in [0.25, 0.3) is 0 Å². The molecule has 0 bridgehead atoms. The van der Waals surface area contributed by atoms with Crippen molar-refractivity contribution in [2.75, 3.05) is 0 Å². The van der Waals surface area contributed by atoms with Crippen LogP contribution >= 0.6 is 0 Å². The van der Waals surface area contributed by atoms with E-state index in [1.54, 1.807) is 0 Å². The fourth-order valence-electron chi connectivity index (χ4n) is 2.42.